The molecule has 14 nitrogen and oxygen atoms in total. The van der Waals surface area contributed by atoms with Gasteiger partial charge in [-0.15, -0.1) is 4.99 Å². The van der Waals surface area contributed by atoms with E-state index in [0.717, 1.165) is 9.80 Å². The normalized spacial score (nSPS) is 25.7. The number of guanidine groups is 1. The maximum absolute atomic E-state index is 13.1. The van der Waals surface area contributed by atoms with Crippen LogP contribution in [0, 0.1) is 0 Å². The average Bonchev–Trinajstić information content (AvgIpc) is 2.68. The van der Waals surface area contributed by atoms with E-state index in [0.29, 0.717) is 0 Å². The molecular formula is C21H38N4O10. The first-order valence-electron chi connectivity index (χ1n) is 11.0. The second-order valence-electron chi connectivity index (χ2n) is 10.2. The smallest absolute Gasteiger partial charge is 0.437 e. The maximum atomic E-state index is 13.1. The van der Waals surface area contributed by atoms with E-state index in [1.807, 2.05) is 0 Å². The largest absolute Gasteiger partial charge is 0.444 e. The molecule has 0 unspecified atom stereocenters. The van der Waals surface area contributed by atoms with E-state index >= 15 is 0 Å². The third-order valence-electron chi connectivity index (χ3n) is 4.80. The molecule has 0 spiro atoms. The van der Waals surface area contributed by atoms with E-state index in [2.05, 4.69) is 10.3 Å². The zero-order valence-corrected chi connectivity index (χ0v) is 21.1. The first-order chi connectivity index (χ1) is 15.9. The Hall–Kier alpha value is -2.52. The summed E-state index contributed by atoms with van der Waals surface area (Å²) in [4.78, 5) is 43.3. The van der Waals surface area contributed by atoms with E-state index in [1.165, 1.54) is 7.05 Å². The number of nitrogens with zero attached hydrogens (tertiary/aromatic N) is 3. The number of carbonyl (C=O) groups excluding carboxylic acids is 3. The number of likely N-dealkylation sites (tertiary alicyclic amines) is 1. The van der Waals surface area contributed by atoms with Crippen LogP contribution >= 0.6 is 0 Å². The number of hydrogen-bond acceptors (Lipinski definition) is 10. The summed E-state index contributed by atoms with van der Waals surface area (Å²) in [5, 5.41) is 52.1. The van der Waals surface area contributed by atoms with Gasteiger partial charge >= 0.3 is 12.2 Å². The molecule has 0 aliphatic carbocycles. The van der Waals surface area contributed by atoms with Gasteiger partial charge in [-0.2, -0.15) is 0 Å². The van der Waals surface area contributed by atoms with Gasteiger partial charge in [0.2, 0.25) is 11.9 Å². The van der Waals surface area contributed by atoms with Crippen LogP contribution in [0.15, 0.2) is 4.99 Å². The number of carbonyl (C=O) groups is 3. The summed E-state index contributed by atoms with van der Waals surface area (Å²) < 4.78 is 10.3. The van der Waals surface area contributed by atoms with Crippen molar-refractivity contribution >= 4 is 24.1 Å². The minimum absolute atomic E-state index is 0.402. The van der Waals surface area contributed by atoms with Gasteiger partial charge in [0.25, 0.3) is 0 Å². The minimum Gasteiger partial charge on any atom is -0.444 e. The van der Waals surface area contributed by atoms with Crippen molar-refractivity contribution in [3.63, 3.8) is 0 Å². The van der Waals surface area contributed by atoms with Crippen molar-refractivity contribution in [1.29, 1.82) is 0 Å². The number of piperidine rings is 1. The Morgan fingerprint density at radius 2 is 1.34 bits per heavy atom. The Morgan fingerprint density at radius 1 is 0.886 bits per heavy atom. The molecule has 0 aromatic heterocycles. The highest BCUT2D eigenvalue weighted by molar-refractivity contribution is 6.00. The number of hydrogen-bond donors (Lipinski definition) is 6. The Morgan fingerprint density at radius 3 is 1.74 bits per heavy atom. The summed E-state index contributed by atoms with van der Waals surface area (Å²) in [5.74, 6) is -1.22. The molecule has 3 amide bonds. The fraction of sp³-hybridized carbons (Fsp3) is 0.810. The SMILES string of the molecule is CN(CC(=O)N1[C@H](CO)[C@@H](O)C(O)[C@H](O)[C@H]1CO)C(=NC(=O)OC(C)(C)C)NC(=O)OC(C)(C)C. The molecular weight excluding hydrogens is 468 g/mol. The monoisotopic (exact) mass is 506 g/mol. The third-order valence-corrected chi connectivity index (χ3v) is 4.80. The molecule has 4 atom stereocenters. The fourth-order valence-corrected chi connectivity index (χ4v) is 3.33. The van der Waals surface area contributed by atoms with Crippen LogP contribution in [0.25, 0.3) is 0 Å². The van der Waals surface area contributed by atoms with Crippen molar-refractivity contribution in [3.05, 3.63) is 0 Å². The Bertz CT molecular complexity index is 774. The lowest BCUT2D eigenvalue weighted by molar-refractivity contribution is -0.187. The van der Waals surface area contributed by atoms with E-state index < -0.39 is 85.4 Å². The molecule has 0 radical (unpaired) electrons. The quantitative estimate of drug-likeness (QED) is 0.189. The van der Waals surface area contributed by atoms with E-state index in [4.69, 9.17) is 9.47 Å². The first-order valence-corrected chi connectivity index (χ1v) is 11.0. The van der Waals surface area contributed by atoms with Gasteiger partial charge in [-0.25, -0.2) is 9.59 Å². The van der Waals surface area contributed by atoms with Crippen LogP contribution in [-0.4, -0.2) is 128 Å². The zero-order valence-electron chi connectivity index (χ0n) is 21.1. The van der Waals surface area contributed by atoms with Gasteiger partial charge in [-0.05, 0) is 41.5 Å². The molecule has 0 bridgehead atoms. The van der Waals surface area contributed by atoms with Crippen molar-refractivity contribution in [3.8, 4) is 0 Å². The summed E-state index contributed by atoms with van der Waals surface area (Å²) >= 11 is 0. The number of ether oxygens (including phenoxy) is 2. The van der Waals surface area contributed by atoms with Crippen LogP contribution in [0.1, 0.15) is 41.5 Å². The van der Waals surface area contributed by atoms with Crippen molar-refractivity contribution in [2.75, 3.05) is 26.8 Å². The lowest BCUT2D eigenvalue weighted by Gasteiger charge is -2.48. The molecule has 1 saturated heterocycles. The minimum atomic E-state index is -1.70. The van der Waals surface area contributed by atoms with Gasteiger partial charge in [-0.1, -0.05) is 0 Å². The number of aliphatic imine (C=N–C) groups is 1. The van der Waals surface area contributed by atoms with Crippen LogP contribution in [0.4, 0.5) is 9.59 Å². The van der Waals surface area contributed by atoms with Gasteiger partial charge in [0, 0.05) is 7.05 Å². The van der Waals surface area contributed by atoms with Crippen molar-refractivity contribution in [1.82, 2.24) is 15.1 Å². The predicted molar refractivity (Wildman–Crippen MR) is 122 cm³/mol. The molecule has 1 heterocycles. The van der Waals surface area contributed by atoms with E-state index in [1.54, 1.807) is 41.5 Å². The molecule has 202 valence electrons. The van der Waals surface area contributed by atoms with Crippen LogP contribution in [-0.2, 0) is 14.3 Å². The molecule has 14 heteroatoms. The fourth-order valence-electron chi connectivity index (χ4n) is 3.33. The van der Waals surface area contributed by atoms with Crippen molar-refractivity contribution in [2.24, 2.45) is 4.99 Å². The molecule has 1 aliphatic heterocycles. The van der Waals surface area contributed by atoms with Crippen LogP contribution < -0.4 is 5.32 Å². The van der Waals surface area contributed by atoms with Gasteiger partial charge in [0.1, 0.15) is 29.5 Å². The summed E-state index contributed by atoms with van der Waals surface area (Å²) in [6.45, 7) is 7.57. The van der Waals surface area contributed by atoms with Gasteiger partial charge in [0.15, 0.2) is 0 Å². The molecule has 1 rings (SSSR count). The first kappa shape index (κ1) is 30.5. The average molecular weight is 507 g/mol. The number of amides is 3. The lowest BCUT2D eigenvalue weighted by atomic mass is 9.88. The van der Waals surface area contributed by atoms with Gasteiger partial charge in [-0.3, -0.25) is 10.1 Å². The highest BCUT2D eigenvalue weighted by atomic mass is 16.6. The van der Waals surface area contributed by atoms with Gasteiger partial charge < -0.3 is 44.8 Å². The third kappa shape index (κ3) is 8.89. The molecule has 0 saturated carbocycles. The van der Waals surface area contributed by atoms with E-state index in [9.17, 15) is 39.9 Å². The predicted octanol–water partition coefficient (Wildman–Crippen LogP) is -1.62. The molecule has 1 aliphatic rings. The second-order valence-corrected chi connectivity index (χ2v) is 10.2. The number of likely N-dealkylation sites (N-methyl/N-ethyl adjacent to an activating group) is 1. The zero-order chi connectivity index (χ0) is 27.3. The van der Waals surface area contributed by atoms with E-state index in [-0.39, 0.29) is 0 Å². The van der Waals surface area contributed by atoms with Crippen LogP contribution in [0.3, 0.4) is 0 Å². The second kappa shape index (κ2) is 11.9. The molecule has 35 heavy (non-hydrogen) atoms. The highest BCUT2D eigenvalue weighted by Crippen LogP contribution is 2.25. The Kier molecular flexibility index (Phi) is 10.4. The molecule has 0 aromatic carbocycles. The van der Waals surface area contributed by atoms with Crippen LogP contribution in [0.5, 0.6) is 0 Å². The van der Waals surface area contributed by atoms with Crippen LogP contribution in [0.2, 0.25) is 0 Å². The molecule has 6 N–H and O–H groups in total. The van der Waals surface area contributed by atoms with Gasteiger partial charge in [0.05, 0.1) is 31.8 Å². The molecule has 0 aromatic rings. The maximum Gasteiger partial charge on any atom is 0.437 e. The van der Waals surface area contributed by atoms with Crippen molar-refractivity contribution in [2.45, 2.75) is 83.1 Å². The van der Waals surface area contributed by atoms with Crippen molar-refractivity contribution < 1.29 is 49.4 Å². The number of aliphatic hydroxyl groups excluding tert-OH is 5. The Labute approximate surface area is 204 Å². The summed E-state index contributed by atoms with van der Waals surface area (Å²) in [7, 11) is 1.31. The number of alkyl carbamates (subject to hydrolysis) is 1. The summed E-state index contributed by atoms with van der Waals surface area (Å²) in [6.07, 6.45) is -7.11. The molecule has 1 fully saturated rings. The summed E-state index contributed by atoms with van der Waals surface area (Å²) in [5.41, 5.74) is -1.77. The topological polar surface area (TPSA) is 202 Å². The number of aliphatic hydroxyl groups is 5. The summed E-state index contributed by atoms with van der Waals surface area (Å²) in [6, 6.07) is -2.67. The lowest BCUT2D eigenvalue weighted by Crippen LogP contribution is -2.70. The number of nitrogens with one attached hydrogen (secondary N) is 1. The standard InChI is InChI=1S/C21H38N4O10/c1-20(2,3)34-18(32)22-17(23-19(33)35-21(4,5)6)24(7)8-13(28)25-11(9-26)14(29)16(31)15(30)12(25)10-27/h11-12,14-16,26-27,29-31H,8-10H2,1-7H3,(H,22,23,32,33)/t11-,12-,14-,15-/m1/s1. The highest BCUT2D eigenvalue weighted by Gasteiger charge is 2.49. The Balaban J connectivity index is 3.21. The number of rotatable bonds is 4.